The van der Waals surface area contributed by atoms with E-state index in [4.69, 9.17) is 10.7 Å². The van der Waals surface area contributed by atoms with Crippen LogP contribution in [0.5, 0.6) is 0 Å². The van der Waals surface area contributed by atoms with Crippen LogP contribution in [-0.2, 0) is 6.42 Å². The third-order valence-electron chi connectivity index (χ3n) is 3.34. The van der Waals surface area contributed by atoms with Crippen molar-refractivity contribution in [3.63, 3.8) is 0 Å². The average molecular weight is 243 g/mol. The molecule has 0 spiro atoms. The number of aromatic nitrogens is 1. The van der Waals surface area contributed by atoms with Crippen molar-refractivity contribution in [3.8, 4) is 0 Å². The Kier molecular flexibility index (Phi) is 3.53. The van der Waals surface area contributed by atoms with Gasteiger partial charge in [0.05, 0.1) is 11.2 Å². The van der Waals surface area contributed by atoms with Crippen LogP contribution in [-0.4, -0.2) is 25.6 Å². The lowest BCUT2D eigenvalue weighted by atomic mass is 10.0. The predicted octanol–water partition coefficient (Wildman–Crippen LogP) is 2.42. The Labute approximate surface area is 109 Å². The molecule has 0 aliphatic carbocycles. The van der Waals surface area contributed by atoms with E-state index in [2.05, 4.69) is 51.0 Å². The zero-order valence-corrected chi connectivity index (χ0v) is 11.6. The number of nitrogens with zero attached hydrogens (tertiary/aromatic N) is 2. The van der Waals surface area contributed by atoms with Crippen molar-refractivity contribution < 1.29 is 0 Å². The Morgan fingerprint density at radius 3 is 2.56 bits per heavy atom. The lowest BCUT2D eigenvalue weighted by molar-refractivity contribution is 0.933. The van der Waals surface area contributed by atoms with Crippen molar-refractivity contribution in [1.29, 1.82) is 0 Å². The van der Waals surface area contributed by atoms with Crippen molar-refractivity contribution in [2.24, 2.45) is 5.73 Å². The van der Waals surface area contributed by atoms with Crippen LogP contribution in [0.15, 0.2) is 18.2 Å². The minimum absolute atomic E-state index is 0.653. The molecule has 2 N–H and O–H groups in total. The molecule has 0 amide bonds. The Balaban J connectivity index is 2.85. The van der Waals surface area contributed by atoms with Gasteiger partial charge in [-0.05, 0) is 37.9 Å². The minimum Gasteiger partial charge on any atom is -0.377 e. The van der Waals surface area contributed by atoms with Crippen LogP contribution in [0, 0.1) is 13.8 Å². The lowest BCUT2D eigenvalue weighted by Crippen LogP contribution is -2.16. The molecule has 96 valence electrons. The first-order chi connectivity index (χ1) is 8.56. The van der Waals surface area contributed by atoms with Crippen molar-refractivity contribution in [2.45, 2.75) is 20.3 Å². The second kappa shape index (κ2) is 4.94. The van der Waals surface area contributed by atoms with Crippen LogP contribution >= 0.6 is 0 Å². The fourth-order valence-electron chi connectivity index (χ4n) is 2.52. The van der Waals surface area contributed by atoms with Crippen LogP contribution in [0.4, 0.5) is 5.69 Å². The molecule has 0 radical (unpaired) electrons. The summed E-state index contributed by atoms with van der Waals surface area (Å²) in [5.74, 6) is 0. The number of hydrogen-bond donors (Lipinski definition) is 1. The SMILES string of the molecule is Cc1nc2c(C)cccc2c(N(C)C)c1CCN. The highest BCUT2D eigenvalue weighted by Crippen LogP contribution is 2.32. The van der Waals surface area contributed by atoms with Gasteiger partial charge >= 0.3 is 0 Å². The van der Waals surface area contributed by atoms with Gasteiger partial charge in [-0.1, -0.05) is 18.2 Å². The Morgan fingerprint density at radius 2 is 1.94 bits per heavy atom. The van der Waals surface area contributed by atoms with E-state index < -0.39 is 0 Å². The summed E-state index contributed by atoms with van der Waals surface area (Å²) in [4.78, 5) is 6.92. The normalized spacial score (nSPS) is 10.9. The zero-order valence-electron chi connectivity index (χ0n) is 11.6. The van der Waals surface area contributed by atoms with Gasteiger partial charge in [0.15, 0.2) is 0 Å². The molecule has 0 bridgehead atoms. The number of nitrogens with two attached hydrogens (primary N) is 1. The van der Waals surface area contributed by atoms with E-state index in [0.29, 0.717) is 6.54 Å². The topological polar surface area (TPSA) is 42.2 Å². The summed E-state index contributed by atoms with van der Waals surface area (Å²) in [6.45, 7) is 4.83. The summed E-state index contributed by atoms with van der Waals surface area (Å²) in [7, 11) is 4.16. The first-order valence-corrected chi connectivity index (χ1v) is 6.32. The van der Waals surface area contributed by atoms with E-state index in [1.54, 1.807) is 0 Å². The zero-order chi connectivity index (χ0) is 13.3. The molecule has 0 aliphatic heterocycles. The van der Waals surface area contributed by atoms with Crippen molar-refractivity contribution >= 4 is 16.6 Å². The average Bonchev–Trinajstić information content (AvgIpc) is 2.31. The molecule has 1 aromatic carbocycles. The van der Waals surface area contributed by atoms with Gasteiger partial charge in [-0.25, -0.2) is 0 Å². The molecule has 2 aromatic rings. The van der Waals surface area contributed by atoms with Crippen molar-refractivity contribution in [1.82, 2.24) is 4.98 Å². The molecule has 0 atom stereocenters. The molecule has 0 unspecified atom stereocenters. The minimum atomic E-state index is 0.653. The van der Waals surface area contributed by atoms with Gasteiger partial charge in [-0.15, -0.1) is 0 Å². The largest absolute Gasteiger partial charge is 0.377 e. The quantitative estimate of drug-likeness (QED) is 0.900. The summed E-state index contributed by atoms with van der Waals surface area (Å²) in [6.07, 6.45) is 0.871. The number of pyridine rings is 1. The molecule has 3 heteroatoms. The van der Waals surface area contributed by atoms with Crippen molar-refractivity contribution in [2.75, 3.05) is 25.5 Å². The fourth-order valence-corrected chi connectivity index (χ4v) is 2.52. The number of benzene rings is 1. The summed E-state index contributed by atoms with van der Waals surface area (Å²) in [6, 6.07) is 6.34. The van der Waals surface area contributed by atoms with Crippen molar-refractivity contribution in [3.05, 3.63) is 35.0 Å². The molecule has 0 aliphatic rings. The third kappa shape index (κ3) is 2.06. The van der Waals surface area contributed by atoms with Gasteiger partial charge in [0, 0.05) is 25.2 Å². The Hall–Kier alpha value is -1.61. The molecule has 3 nitrogen and oxygen atoms in total. The number of anilines is 1. The molecule has 1 aromatic heterocycles. The molecular formula is C15H21N3. The maximum atomic E-state index is 5.73. The van der Waals surface area contributed by atoms with E-state index in [1.807, 2.05) is 0 Å². The molecule has 0 fully saturated rings. The van der Waals surface area contributed by atoms with Crippen LogP contribution in [0.2, 0.25) is 0 Å². The molecular weight excluding hydrogens is 222 g/mol. The molecule has 0 saturated carbocycles. The smallest absolute Gasteiger partial charge is 0.0755 e. The number of rotatable bonds is 3. The maximum Gasteiger partial charge on any atom is 0.0755 e. The fraction of sp³-hybridized carbons (Fsp3) is 0.400. The summed E-state index contributed by atoms with van der Waals surface area (Å²) in [5.41, 5.74) is 11.7. The number of fused-ring (bicyclic) bond motifs is 1. The summed E-state index contributed by atoms with van der Waals surface area (Å²) < 4.78 is 0. The van der Waals surface area contributed by atoms with Crippen LogP contribution in [0.3, 0.4) is 0 Å². The van der Waals surface area contributed by atoms with Gasteiger partial charge in [-0.2, -0.15) is 0 Å². The van der Waals surface area contributed by atoms with E-state index in [-0.39, 0.29) is 0 Å². The van der Waals surface area contributed by atoms with Crippen LogP contribution in [0.25, 0.3) is 10.9 Å². The molecule has 1 heterocycles. The second-order valence-corrected chi connectivity index (χ2v) is 4.93. The number of hydrogen-bond acceptors (Lipinski definition) is 3. The highest BCUT2D eigenvalue weighted by molar-refractivity contribution is 5.95. The Morgan fingerprint density at radius 1 is 1.22 bits per heavy atom. The monoisotopic (exact) mass is 243 g/mol. The van der Waals surface area contributed by atoms with Gasteiger partial charge < -0.3 is 10.6 Å². The predicted molar refractivity (Wildman–Crippen MR) is 78.3 cm³/mol. The third-order valence-corrected chi connectivity index (χ3v) is 3.34. The molecule has 18 heavy (non-hydrogen) atoms. The van der Waals surface area contributed by atoms with E-state index in [0.717, 1.165) is 17.6 Å². The highest BCUT2D eigenvalue weighted by atomic mass is 15.1. The van der Waals surface area contributed by atoms with Gasteiger partial charge in [-0.3, -0.25) is 4.98 Å². The van der Waals surface area contributed by atoms with E-state index in [1.165, 1.54) is 22.2 Å². The van der Waals surface area contributed by atoms with Gasteiger partial charge in [0.25, 0.3) is 0 Å². The van der Waals surface area contributed by atoms with Gasteiger partial charge in [0.1, 0.15) is 0 Å². The molecule has 0 saturated heterocycles. The molecule has 2 rings (SSSR count). The van der Waals surface area contributed by atoms with Gasteiger partial charge in [0.2, 0.25) is 0 Å². The van der Waals surface area contributed by atoms with Crippen LogP contribution in [0.1, 0.15) is 16.8 Å². The lowest BCUT2D eigenvalue weighted by Gasteiger charge is -2.22. The van der Waals surface area contributed by atoms with E-state index in [9.17, 15) is 0 Å². The standard InChI is InChI=1S/C15H21N3/c1-10-6-5-7-13-14(10)17-11(2)12(8-9-16)15(13)18(3)4/h5-7H,8-9,16H2,1-4H3. The van der Waals surface area contributed by atoms with Crippen LogP contribution < -0.4 is 10.6 Å². The number of para-hydroxylation sites is 1. The highest BCUT2D eigenvalue weighted by Gasteiger charge is 2.14. The number of aryl methyl sites for hydroxylation is 2. The summed E-state index contributed by atoms with van der Waals surface area (Å²) >= 11 is 0. The van der Waals surface area contributed by atoms with E-state index >= 15 is 0 Å². The first kappa shape index (κ1) is 12.8. The first-order valence-electron chi connectivity index (χ1n) is 6.32. The maximum absolute atomic E-state index is 5.73. The summed E-state index contributed by atoms with van der Waals surface area (Å²) in [5, 5.41) is 1.22. The Bertz CT molecular complexity index is 573. The second-order valence-electron chi connectivity index (χ2n) is 4.93.